The van der Waals surface area contributed by atoms with Crippen LogP contribution in [0.1, 0.15) is 24.3 Å². The molecule has 0 radical (unpaired) electrons. The third-order valence-corrected chi connectivity index (χ3v) is 3.83. The van der Waals surface area contributed by atoms with Crippen molar-refractivity contribution in [3.63, 3.8) is 0 Å². The molecule has 0 spiro atoms. The highest BCUT2D eigenvalue weighted by Gasteiger charge is 2.32. The van der Waals surface area contributed by atoms with Gasteiger partial charge in [-0.2, -0.15) is 13.2 Å². The highest BCUT2D eigenvalue weighted by molar-refractivity contribution is 7.16. The fourth-order valence-corrected chi connectivity index (χ4v) is 2.88. The molecule has 134 valence electrons. The van der Waals surface area contributed by atoms with Crippen LogP contribution in [-0.2, 0) is 27.1 Å². The van der Waals surface area contributed by atoms with E-state index in [0.717, 1.165) is 23.5 Å². The van der Waals surface area contributed by atoms with Crippen LogP contribution >= 0.6 is 11.3 Å². The summed E-state index contributed by atoms with van der Waals surface area (Å²) < 4.78 is 57.1. The lowest BCUT2D eigenvalue weighted by molar-refractivity contribution is -0.142. The van der Waals surface area contributed by atoms with E-state index in [2.05, 4.69) is 10.3 Å². The van der Waals surface area contributed by atoms with Crippen LogP contribution in [0.25, 0.3) is 11.3 Å². The van der Waals surface area contributed by atoms with Crippen LogP contribution in [0.5, 0.6) is 0 Å². The van der Waals surface area contributed by atoms with Gasteiger partial charge in [-0.05, 0) is 18.2 Å². The number of amides is 1. The lowest BCUT2D eigenvalue weighted by Crippen LogP contribution is -2.06. The van der Waals surface area contributed by atoms with Crippen LogP contribution in [0, 0.1) is 5.82 Å². The Morgan fingerprint density at radius 3 is 2.48 bits per heavy atom. The molecule has 1 amide bonds. The van der Waals surface area contributed by atoms with Crippen LogP contribution in [0.15, 0.2) is 18.2 Å². The minimum absolute atomic E-state index is 0.000000000000000222. The molecule has 1 N–H and O–H groups in total. The molecular weight excluding hydrogens is 364 g/mol. The molecule has 0 aliphatic heterocycles. The van der Waals surface area contributed by atoms with Crippen molar-refractivity contribution in [2.75, 3.05) is 5.32 Å². The van der Waals surface area contributed by atoms with E-state index in [1.165, 1.54) is 13.8 Å². The molecule has 2 rings (SSSR count). The summed E-state index contributed by atoms with van der Waals surface area (Å²) >= 11 is 0.920. The minimum atomic E-state index is -4.73. The summed E-state index contributed by atoms with van der Waals surface area (Å²) in [6, 6.07) is 2.00. The number of nitrogens with one attached hydrogen (secondary N) is 1. The molecule has 25 heavy (non-hydrogen) atoms. The van der Waals surface area contributed by atoms with Crippen molar-refractivity contribution >= 4 is 28.3 Å². The molecule has 2 aromatic rings. The number of anilines is 1. The van der Waals surface area contributed by atoms with E-state index < -0.39 is 29.4 Å². The Morgan fingerprint density at radius 1 is 1.24 bits per heavy atom. The first-order valence-electron chi connectivity index (χ1n) is 6.85. The number of aromatic nitrogens is 1. The van der Waals surface area contributed by atoms with E-state index in [4.69, 9.17) is 4.74 Å². The second-order valence-corrected chi connectivity index (χ2v) is 6.06. The van der Waals surface area contributed by atoms with E-state index >= 15 is 0 Å². The molecule has 0 saturated heterocycles. The number of hydrogen-bond donors (Lipinski definition) is 1. The highest BCUT2D eigenvalue weighted by Crippen LogP contribution is 2.36. The van der Waals surface area contributed by atoms with Gasteiger partial charge in [0.05, 0.1) is 16.1 Å². The maximum Gasteiger partial charge on any atom is 0.416 e. The van der Waals surface area contributed by atoms with E-state index in [1.807, 2.05) is 0 Å². The van der Waals surface area contributed by atoms with Gasteiger partial charge >= 0.3 is 12.1 Å². The Bertz CT molecular complexity index is 818. The number of thiazole rings is 1. The number of carbonyl (C=O) groups is 2. The van der Waals surface area contributed by atoms with Gasteiger partial charge in [0.1, 0.15) is 12.4 Å². The van der Waals surface area contributed by atoms with Crippen LogP contribution in [0.3, 0.4) is 0 Å². The second-order valence-electron chi connectivity index (χ2n) is 4.98. The van der Waals surface area contributed by atoms with E-state index in [0.29, 0.717) is 6.07 Å². The fourth-order valence-electron chi connectivity index (χ4n) is 1.94. The molecule has 0 saturated carbocycles. The Labute approximate surface area is 143 Å². The van der Waals surface area contributed by atoms with Gasteiger partial charge < -0.3 is 10.1 Å². The fraction of sp³-hybridized carbons (Fsp3) is 0.267. The summed E-state index contributed by atoms with van der Waals surface area (Å²) in [5, 5.41) is 2.49. The number of nitrogens with zero attached hydrogens (tertiary/aromatic N) is 1. The molecule has 0 fully saturated rings. The third-order valence-electron chi connectivity index (χ3n) is 2.89. The molecular formula is C15H12F4N2O3S. The number of alkyl halides is 3. The third kappa shape index (κ3) is 4.99. The number of halogens is 4. The average Bonchev–Trinajstić information content (AvgIpc) is 2.85. The zero-order valence-corrected chi connectivity index (χ0v) is 13.8. The van der Waals surface area contributed by atoms with Gasteiger partial charge in [-0.1, -0.05) is 11.3 Å². The van der Waals surface area contributed by atoms with Crippen LogP contribution < -0.4 is 5.32 Å². The highest BCUT2D eigenvalue weighted by atomic mass is 32.1. The van der Waals surface area contributed by atoms with Crippen molar-refractivity contribution in [3.8, 4) is 11.3 Å². The lowest BCUT2D eigenvalue weighted by Gasteiger charge is -2.09. The zero-order chi connectivity index (χ0) is 18.8. The summed E-state index contributed by atoms with van der Waals surface area (Å²) in [5.41, 5.74) is -1.31. The van der Waals surface area contributed by atoms with Crippen molar-refractivity contribution < 1.29 is 31.9 Å². The maximum atomic E-state index is 13.6. The van der Waals surface area contributed by atoms with Gasteiger partial charge in [-0.15, -0.1) is 0 Å². The first-order valence-corrected chi connectivity index (χ1v) is 7.66. The molecule has 1 aromatic heterocycles. The lowest BCUT2D eigenvalue weighted by atomic mass is 10.1. The molecule has 0 atom stereocenters. The van der Waals surface area contributed by atoms with Crippen molar-refractivity contribution in [3.05, 3.63) is 34.5 Å². The van der Waals surface area contributed by atoms with Crippen molar-refractivity contribution in [2.24, 2.45) is 0 Å². The smallest absolute Gasteiger partial charge is 0.416 e. The zero-order valence-electron chi connectivity index (χ0n) is 13.0. The van der Waals surface area contributed by atoms with Crippen LogP contribution in [0.4, 0.5) is 22.7 Å². The number of rotatable bonds is 4. The standard InChI is InChI=1S/C15H12F4N2O3S/c1-7(22)20-14-21-13(12(25-14)6-24-8(2)23)9-3-10(15(17,18)19)5-11(16)4-9/h3-5H,6H2,1-2H3,(H,20,21,22). The average molecular weight is 376 g/mol. The van der Waals surface area contributed by atoms with Gasteiger partial charge in [-0.25, -0.2) is 9.37 Å². The summed E-state index contributed by atoms with van der Waals surface area (Å²) in [4.78, 5) is 26.4. The monoisotopic (exact) mass is 376 g/mol. The van der Waals surface area contributed by atoms with Crippen LogP contribution in [-0.4, -0.2) is 16.9 Å². The van der Waals surface area contributed by atoms with E-state index in [9.17, 15) is 27.2 Å². The minimum Gasteiger partial charge on any atom is -0.460 e. The van der Waals surface area contributed by atoms with Gasteiger partial charge in [0, 0.05) is 19.4 Å². The molecule has 1 heterocycles. The molecule has 0 aliphatic rings. The summed E-state index contributed by atoms with van der Waals surface area (Å²) in [7, 11) is 0. The number of ether oxygens (including phenoxy) is 1. The topological polar surface area (TPSA) is 68.3 Å². The predicted octanol–water partition coefficient (Wildman–Crippen LogP) is 3.99. The number of benzene rings is 1. The normalized spacial score (nSPS) is 11.3. The molecule has 5 nitrogen and oxygen atoms in total. The summed E-state index contributed by atoms with van der Waals surface area (Å²) in [6.45, 7) is 2.13. The first kappa shape index (κ1) is 18.8. The van der Waals surface area contributed by atoms with E-state index in [1.54, 1.807) is 0 Å². The second kappa shape index (κ2) is 7.18. The Morgan fingerprint density at radius 2 is 1.92 bits per heavy atom. The Kier molecular flexibility index (Phi) is 5.41. The molecule has 10 heteroatoms. The molecule has 0 aliphatic carbocycles. The number of carbonyl (C=O) groups excluding carboxylic acids is 2. The number of hydrogen-bond acceptors (Lipinski definition) is 5. The Balaban J connectivity index is 2.52. The SMILES string of the molecule is CC(=O)Nc1nc(-c2cc(F)cc(C(F)(F)F)c2)c(COC(C)=O)s1. The quantitative estimate of drug-likeness (QED) is 0.647. The largest absolute Gasteiger partial charge is 0.460 e. The Hall–Kier alpha value is -2.49. The maximum absolute atomic E-state index is 13.6. The number of esters is 1. The summed E-state index contributed by atoms with van der Waals surface area (Å²) in [6.07, 6.45) is -4.73. The predicted molar refractivity (Wildman–Crippen MR) is 82.3 cm³/mol. The van der Waals surface area contributed by atoms with E-state index in [-0.39, 0.29) is 27.9 Å². The molecule has 0 unspecified atom stereocenters. The van der Waals surface area contributed by atoms with Gasteiger partial charge in [0.2, 0.25) is 5.91 Å². The van der Waals surface area contributed by atoms with Crippen molar-refractivity contribution in [1.29, 1.82) is 0 Å². The van der Waals surface area contributed by atoms with Crippen molar-refractivity contribution in [2.45, 2.75) is 26.6 Å². The summed E-state index contributed by atoms with van der Waals surface area (Å²) in [5.74, 6) is -2.12. The molecule has 1 aromatic carbocycles. The van der Waals surface area contributed by atoms with Gasteiger partial charge in [0.15, 0.2) is 5.13 Å². The van der Waals surface area contributed by atoms with Crippen molar-refractivity contribution in [1.82, 2.24) is 4.98 Å². The van der Waals surface area contributed by atoms with Gasteiger partial charge in [-0.3, -0.25) is 9.59 Å². The molecule has 0 bridgehead atoms. The van der Waals surface area contributed by atoms with Crippen LogP contribution in [0.2, 0.25) is 0 Å². The van der Waals surface area contributed by atoms with Gasteiger partial charge in [0.25, 0.3) is 0 Å². The first-order chi connectivity index (χ1) is 11.6.